The zero-order valence-electron chi connectivity index (χ0n) is 13.0. The highest BCUT2D eigenvalue weighted by Crippen LogP contribution is 2.28. The van der Waals surface area contributed by atoms with Gasteiger partial charge in [0.15, 0.2) is 11.6 Å². The third-order valence-corrected chi connectivity index (χ3v) is 5.47. The van der Waals surface area contributed by atoms with Gasteiger partial charge in [0.2, 0.25) is 0 Å². The molecule has 0 fully saturated rings. The van der Waals surface area contributed by atoms with Crippen LogP contribution in [0.2, 0.25) is 0 Å². The van der Waals surface area contributed by atoms with E-state index < -0.39 is 19.7 Å². The van der Waals surface area contributed by atoms with E-state index in [0.29, 0.717) is 22.6 Å². The molecular formula is C17H19F3NOP. The fourth-order valence-corrected chi connectivity index (χ4v) is 3.74. The highest BCUT2D eigenvalue weighted by atomic mass is 31.1. The molecular weight excluding hydrogens is 322 g/mol. The van der Waals surface area contributed by atoms with Crippen LogP contribution in [0.25, 0.3) is 0 Å². The van der Waals surface area contributed by atoms with Crippen LogP contribution in [0.1, 0.15) is 23.1 Å². The summed E-state index contributed by atoms with van der Waals surface area (Å²) < 4.78 is 41.5. The van der Waals surface area contributed by atoms with Crippen LogP contribution in [0.4, 0.5) is 13.2 Å². The van der Waals surface area contributed by atoms with Crippen LogP contribution in [0.15, 0.2) is 24.3 Å². The van der Waals surface area contributed by atoms with Crippen molar-refractivity contribution in [3.63, 3.8) is 0 Å². The SMILES string of the molecule is Cc1cc(P(N)c2cc(F)c(F)c(CCCO)c2)cc(F)c1C. The van der Waals surface area contributed by atoms with E-state index in [2.05, 4.69) is 0 Å². The average molecular weight is 341 g/mol. The van der Waals surface area contributed by atoms with Gasteiger partial charge >= 0.3 is 0 Å². The molecule has 1 atom stereocenters. The van der Waals surface area contributed by atoms with E-state index in [1.54, 1.807) is 19.9 Å². The van der Waals surface area contributed by atoms with E-state index in [9.17, 15) is 13.2 Å². The molecule has 0 spiro atoms. The third kappa shape index (κ3) is 3.92. The molecule has 0 aromatic heterocycles. The lowest BCUT2D eigenvalue weighted by atomic mass is 10.1. The molecule has 0 bridgehead atoms. The number of halogens is 3. The maximum atomic E-state index is 13.9. The smallest absolute Gasteiger partial charge is 0.162 e. The topological polar surface area (TPSA) is 46.2 Å². The Labute approximate surface area is 134 Å². The molecule has 0 amide bonds. The second-order valence-corrected chi connectivity index (χ2v) is 7.24. The zero-order chi connectivity index (χ0) is 17.1. The van der Waals surface area contributed by atoms with E-state index in [0.717, 1.165) is 11.6 Å². The summed E-state index contributed by atoms with van der Waals surface area (Å²) in [6, 6.07) is 5.70. The minimum atomic E-state index is -1.48. The van der Waals surface area contributed by atoms with Crippen molar-refractivity contribution in [1.82, 2.24) is 0 Å². The van der Waals surface area contributed by atoms with Gasteiger partial charge < -0.3 is 10.6 Å². The molecule has 1 unspecified atom stereocenters. The number of hydrogen-bond acceptors (Lipinski definition) is 2. The number of hydrogen-bond donors (Lipinski definition) is 2. The Balaban J connectivity index is 2.43. The summed E-state index contributed by atoms with van der Waals surface area (Å²) in [5.74, 6) is -2.25. The first-order chi connectivity index (χ1) is 10.8. The Morgan fingerprint density at radius 3 is 2.22 bits per heavy atom. The van der Waals surface area contributed by atoms with Crippen molar-refractivity contribution in [2.75, 3.05) is 6.61 Å². The quantitative estimate of drug-likeness (QED) is 0.822. The van der Waals surface area contributed by atoms with Crippen molar-refractivity contribution < 1.29 is 18.3 Å². The number of benzene rings is 2. The lowest BCUT2D eigenvalue weighted by Gasteiger charge is -2.16. The summed E-state index contributed by atoms with van der Waals surface area (Å²) in [6.07, 6.45) is 0.554. The summed E-state index contributed by atoms with van der Waals surface area (Å²) in [5, 5.41) is 9.86. The zero-order valence-corrected chi connectivity index (χ0v) is 13.9. The van der Waals surface area contributed by atoms with Crippen LogP contribution < -0.4 is 16.1 Å². The van der Waals surface area contributed by atoms with Crippen LogP contribution in [0, 0.1) is 31.3 Å². The predicted octanol–water partition coefficient (Wildman–Crippen LogP) is 2.95. The van der Waals surface area contributed by atoms with Crippen molar-refractivity contribution in [2.24, 2.45) is 5.50 Å². The highest BCUT2D eigenvalue weighted by Gasteiger charge is 2.17. The maximum absolute atomic E-state index is 13.9. The van der Waals surface area contributed by atoms with Crippen molar-refractivity contribution in [2.45, 2.75) is 26.7 Å². The lowest BCUT2D eigenvalue weighted by Crippen LogP contribution is -2.20. The van der Waals surface area contributed by atoms with Crippen LogP contribution in [0.3, 0.4) is 0 Å². The standard InChI is InChI=1S/C17H19F3NOP/c1-10-6-13(8-15(18)11(10)2)23(21)14-7-12(4-3-5-22)17(20)16(19)9-14/h6-9,22H,3-5,21H2,1-2H3. The molecule has 0 aliphatic rings. The summed E-state index contributed by atoms with van der Waals surface area (Å²) in [7, 11) is -1.48. The van der Waals surface area contributed by atoms with Gasteiger partial charge in [0.1, 0.15) is 5.82 Å². The molecule has 0 radical (unpaired) electrons. The predicted molar refractivity (Wildman–Crippen MR) is 88.0 cm³/mol. The molecule has 0 heterocycles. The number of aryl methyl sites for hydroxylation is 2. The molecule has 0 saturated carbocycles. The van der Waals surface area contributed by atoms with Gasteiger partial charge in [-0.25, -0.2) is 13.2 Å². The van der Waals surface area contributed by atoms with Gasteiger partial charge in [0.25, 0.3) is 0 Å². The molecule has 2 nitrogen and oxygen atoms in total. The van der Waals surface area contributed by atoms with Crippen molar-refractivity contribution in [1.29, 1.82) is 0 Å². The van der Waals surface area contributed by atoms with E-state index in [-0.39, 0.29) is 24.4 Å². The van der Waals surface area contributed by atoms with Crippen molar-refractivity contribution in [3.8, 4) is 0 Å². The molecule has 23 heavy (non-hydrogen) atoms. The van der Waals surface area contributed by atoms with Gasteiger partial charge in [-0.1, -0.05) is 0 Å². The summed E-state index contributed by atoms with van der Waals surface area (Å²) in [6.45, 7) is 3.35. The average Bonchev–Trinajstić information content (AvgIpc) is 2.52. The Bertz CT molecular complexity index is 698. The molecule has 2 aromatic rings. The molecule has 124 valence electrons. The number of rotatable bonds is 5. The summed E-state index contributed by atoms with van der Waals surface area (Å²) in [5.41, 5.74) is 7.67. The normalized spacial score (nSPS) is 12.5. The Morgan fingerprint density at radius 1 is 1.00 bits per heavy atom. The van der Waals surface area contributed by atoms with E-state index in [1.807, 2.05) is 0 Å². The van der Waals surface area contributed by atoms with Gasteiger partial charge in [0.05, 0.1) is 0 Å². The first-order valence-electron chi connectivity index (χ1n) is 7.25. The third-order valence-electron chi connectivity index (χ3n) is 3.84. The van der Waals surface area contributed by atoms with E-state index in [1.165, 1.54) is 12.1 Å². The minimum Gasteiger partial charge on any atom is -0.396 e. The van der Waals surface area contributed by atoms with E-state index >= 15 is 0 Å². The second-order valence-electron chi connectivity index (χ2n) is 5.47. The Hall–Kier alpha value is -1.42. The van der Waals surface area contributed by atoms with Gasteiger partial charge in [-0.15, -0.1) is 0 Å². The summed E-state index contributed by atoms with van der Waals surface area (Å²) in [4.78, 5) is 0. The molecule has 0 aliphatic carbocycles. The highest BCUT2D eigenvalue weighted by molar-refractivity contribution is 7.70. The molecule has 2 aromatic carbocycles. The fraction of sp³-hybridized carbons (Fsp3) is 0.294. The monoisotopic (exact) mass is 341 g/mol. The van der Waals surface area contributed by atoms with Gasteiger partial charge in [-0.2, -0.15) is 0 Å². The molecule has 0 aliphatic heterocycles. The maximum Gasteiger partial charge on any atom is 0.162 e. The molecule has 2 rings (SSSR count). The molecule has 3 N–H and O–H groups in total. The molecule has 6 heteroatoms. The first-order valence-corrected chi connectivity index (χ1v) is 8.66. The number of aliphatic hydroxyl groups excluding tert-OH is 1. The first kappa shape index (κ1) is 17.9. The van der Waals surface area contributed by atoms with Gasteiger partial charge in [-0.3, -0.25) is 0 Å². The van der Waals surface area contributed by atoms with Crippen LogP contribution in [-0.4, -0.2) is 11.7 Å². The Kier molecular flexibility index (Phi) is 5.79. The van der Waals surface area contributed by atoms with Crippen molar-refractivity contribution >= 4 is 18.7 Å². The minimum absolute atomic E-state index is 0.106. The number of aliphatic hydroxyl groups is 1. The fourth-order valence-electron chi connectivity index (χ4n) is 2.31. The number of nitrogens with two attached hydrogens (primary N) is 1. The second kappa shape index (κ2) is 7.43. The van der Waals surface area contributed by atoms with Gasteiger partial charge in [-0.05, 0) is 78.3 Å². The van der Waals surface area contributed by atoms with E-state index in [4.69, 9.17) is 10.6 Å². The van der Waals surface area contributed by atoms with Crippen LogP contribution in [0.5, 0.6) is 0 Å². The molecule has 0 saturated heterocycles. The lowest BCUT2D eigenvalue weighted by molar-refractivity contribution is 0.287. The Morgan fingerprint density at radius 2 is 1.61 bits per heavy atom. The van der Waals surface area contributed by atoms with Crippen LogP contribution >= 0.6 is 8.07 Å². The van der Waals surface area contributed by atoms with Crippen molar-refractivity contribution in [3.05, 3.63) is 58.4 Å². The summed E-state index contributed by atoms with van der Waals surface area (Å²) >= 11 is 0. The van der Waals surface area contributed by atoms with Gasteiger partial charge in [0, 0.05) is 14.7 Å². The van der Waals surface area contributed by atoms with Crippen LogP contribution in [-0.2, 0) is 6.42 Å². The largest absolute Gasteiger partial charge is 0.396 e.